The maximum absolute atomic E-state index is 13.2. The highest BCUT2D eigenvalue weighted by molar-refractivity contribution is 6.15. The number of aryl methyl sites for hydroxylation is 2. The van der Waals surface area contributed by atoms with Crippen LogP contribution in [0.4, 0.5) is 0 Å². The van der Waals surface area contributed by atoms with Gasteiger partial charge in [0.15, 0.2) is 5.76 Å². The molecule has 2 aliphatic rings. The summed E-state index contributed by atoms with van der Waals surface area (Å²) in [5.74, 6) is 0.676. The lowest BCUT2D eigenvalue weighted by Crippen LogP contribution is -2.21. The lowest BCUT2D eigenvalue weighted by Gasteiger charge is -2.26. The summed E-state index contributed by atoms with van der Waals surface area (Å²) < 4.78 is 20.0. The molecule has 4 aromatic rings. The maximum atomic E-state index is 13.2. The average molecular weight is 482 g/mol. The SMILES string of the molecule is COc1ccc(/C=C2\Oc3c(ccc4c3[C@@H](c3ccc5c(c3)n(C)c(=O)n5C)CC(=O)O4)C2=O)cc1. The van der Waals surface area contributed by atoms with Crippen LogP contribution in [0.1, 0.15) is 39.4 Å². The van der Waals surface area contributed by atoms with E-state index in [9.17, 15) is 14.4 Å². The smallest absolute Gasteiger partial charge is 0.328 e. The number of Topliss-reactive ketones (excluding diaryl/α,β-unsaturated/α-hetero) is 1. The van der Waals surface area contributed by atoms with Crippen molar-refractivity contribution in [1.82, 2.24) is 9.13 Å². The van der Waals surface area contributed by atoms with Gasteiger partial charge >= 0.3 is 11.7 Å². The minimum atomic E-state index is -0.399. The number of carbonyl (C=O) groups is 2. The maximum Gasteiger partial charge on any atom is 0.328 e. The molecule has 0 aliphatic carbocycles. The number of ketones is 1. The Hall–Kier alpha value is -4.59. The molecule has 36 heavy (non-hydrogen) atoms. The van der Waals surface area contributed by atoms with Crippen LogP contribution >= 0.6 is 0 Å². The first-order chi connectivity index (χ1) is 17.4. The quantitative estimate of drug-likeness (QED) is 0.250. The van der Waals surface area contributed by atoms with Gasteiger partial charge in [-0.1, -0.05) is 18.2 Å². The highest BCUT2D eigenvalue weighted by atomic mass is 16.5. The molecule has 8 heteroatoms. The molecule has 3 aromatic carbocycles. The number of fused-ring (bicyclic) bond motifs is 4. The van der Waals surface area contributed by atoms with E-state index in [1.807, 2.05) is 42.5 Å². The minimum Gasteiger partial charge on any atom is -0.497 e. The van der Waals surface area contributed by atoms with E-state index in [0.29, 0.717) is 28.4 Å². The Morgan fingerprint density at radius 1 is 0.917 bits per heavy atom. The molecule has 2 aliphatic heterocycles. The Kier molecular flexibility index (Phi) is 4.86. The number of ether oxygens (including phenoxy) is 3. The summed E-state index contributed by atoms with van der Waals surface area (Å²) >= 11 is 0. The number of carbonyl (C=O) groups excluding carboxylic acids is 2. The van der Waals surface area contributed by atoms with E-state index < -0.39 is 5.92 Å². The molecule has 3 heterocycles. The topological polar surface area (TPSA) is 88.8 Å². The third-order valence-corrected chi connectivity index (χ3v) is 6.89. The number of benzene rings is 3. The van der Waals surface area contributed by atoms with Crippen molar-refractivity contribution >= 4 is 28.9 Å². The van der Waals surface area contributed by atoms with Gasteiger partial charge in [-0.2, -0.15) is 0 Å². The van der Waals surface area contributed by atoms with Crippen LogP contribution < -0.4 is 19.9 Å². The third-order valence-electron chi connectivity index (χ3n) is 6.89. The van der Waals surface area contributed by atoms with Crippen molar-refractivity contribution in [1.29, 1.82) is 0 Å². The normalized spacial score (nSPS) is 17.6. The first kappa shape index (κ1) is 21.9. The first-order valence-electron chi connectivity index (χ1n) is 11.5. The molecular formula is C28H22N2O6. The fraction of sp³-hybridized carbons (Fsp3) is 0.179. The first-order valence-corrected chi connectivity index (χ1v) is 11.5. The second kappa shape index (κ2) is 7.98. The van der Waals surface area contributed by atoms with Gasteiger partial charge in [-0.3, -0.25) is 18.7 Å². The summed E-state index contributed by atoms with van der Waals surface area (Å²) in [6.45, 7) is 0. The van der Waals surface area contributed by atoms with Gasteiger partial charge in [-0.25, -0.2) is 4.79 Å². The van der Waals surface area contributed by atoms with E-state index in [-0.39, 0.29) is 29.6 Å². The van der Waals surface area contributed by atoms with E-state index in [2.05, 4.69) is 0 Å². The second-order valence-corrected chi connectivity index (χ2v) is 8.95. The van der Waals surface area contributed by atoms with Gasteiger partial charge in [0, 0.05) is 25.6 Å². The van der Waals surface area contributed by atoms with Gasteiger partial charge in [0.2, 0.25) is 5.78 Å². The summed E-state index contributed by atoms with van der Waals surface area (Å²) in [7, 11) is 5.03. The van der Waals surface area contributed by atoms with E-state index >= 15 is 0 Å². The molecule has 0 N–H and O–H groups in total. The monoisotopic (exact) mass is 482 g/mol. The Bertz CT molecular complexity index is 1670. The summed E-state index contributed by atoms with van der Waals surface area (Å²) in [6, 6.07) is 16.3. The Morgan fingerprint density at radius 3 is 2.42 bits per heavy atom. The largest absolute Gasteiger partial charge is 0.497 e. The number of hydrogen-bond acceptors (Lipinski definition) is 6. The predicted molar refractivity (Wildman–Crippen MR) is 133 cm³/mol. The highest BCUT2D eigenvalue weighted by Crippen LogP contribution is 2.49. The molecule has 0 radical (unpaired) electrons. The van der Waals surface area contributed by atoms with Crippen molar-refractivity contribution in [3.05, 3.63) is 93.1 Å². The molecule has 6 rings (SSSR count). The number of methoxy groups -OCH3 is 1. The van der Waals surface area contributed by atoms with Crippen LogP contribution in [0.5, 0.6) is 17.2 Å². The molecule has 0 fully saturated rings. The van der Waals surface area contributed by atoms with Crippen LogP contribution in [0.25, 0.3) is 17.1 Å². The zero-order valence-corrected chi connectivity index (χ0v) is 19.9. The van der Waals surface area contributed by atoms with Gasteiger partial charge in [0.25, 0.3) is 0 Å². The molecule has 0 bridgehead atoms. The van der Waals surface area contributed by atoms with Crippen molar-refractivity contribution < 1.29 is 23.8 Å². The number of aromatic nitrogens is 2. The third kappa shape index (κ3) is 3.25. The van der Waals surface area contributed by atoms with E-state index in [1.54, 1.807) is 48.5 Å². The molecule has 1 aromatic heterocycles. The van der Waals surface area contributed by atoms with E-state index in [4.69, 9.17) is 14.2 Å². The minimum absolute atomic E-state index is 0.0881. The van der Waals surface area contributed by atoms with Gasteiger partial charge < -0.3 is 14.2 Å². The Balaban J connectivity index is 1.46. The molecule has 0 saturated carbocycles. The fourth-order valence-electron chi connectivity index (χ4n) is 4.98. The number of esters is 1. The molecule has 0 spiro atoms. The van der Waals surface area contributed by atoms with Crippen LogP contribution in [0.3, 0.4) is 0 Å². The molecular weight excluding hydrogens is 460 g/mol. The van der Waals surface area contributed by atoms with Crippen LogP contribution in [-0.2, 0) is 18.9 Å². The number of rotatable bonds is 3. The predicted octanol–water partition coefficient (Wildman–Crippen LogP) is 3.94. The Morgan fingerprint density at radius 2 is 1.67 bits per heavy atom. The van der Waals surface area contributed by atoms with Gasteiger partial charge in [0.1, 0.15) is 17.2 Å². The summed E-state index contributed by atoms with van der Waals surface area (Å²) in [5.41, 5.74) is 4.11. The number of hydrogen-bond donors (Lipinski definition) is 0. The number of nitrogens with zero attached hydrogens (tertiary/aromatic N) is 2. The lowest BCUT2D eigenvalue weighted by atomic mass is 9.84. The molecule has 180 valence electrons. The molecule has 0 unspecified atom stereocenters. The zero-order valence-electron chi connectivity index (χ0n) is 19.9. The molecule has 1 atom stereocenters. The van der Waals surface area contributed by atoms with Crippen molar-refractivity contribution in [2.24, 2.45) is 14.1 Å². The molecule has 0 amide bonds. The Labute approximate surface area is 205 Å². The van der Waals surface area contributed by atoms with Gasteiger partial charge in [0.05, 0.1) is 30.1 Å². The van der Waals surface area contributed by atoms with Crippen LogP contribution in [0.15, 0.2) is 65.2 Å². The summed E-state index contributed by atoms with van der Waals surface area (Å²) in [5, 5.41) is 0. The second-order valence-electron chi connectivity index (χ2n) is 8.95. The van der Waals surface area contributed by atoms with Crippen molar-refractivity contribution in [2.45, 2.75) is 12.3 Å². The van der Waals surface area contributed by atoms with Crippen LogP contribution in [0, 0.1) is 0 Å². The average Bonchev–Trinajstić information content (AvgIpc) is 3.32. The van der Waals surface area contributed by atoms with Crippen LogP contribution in [0.2, 0.25) is 0 Å². The van der Waals surface area contributed by atoms with Crippen molar-refractivity contribution in [3.63, 3.8) is 0 Å². The number of allylic oxidation sites excluding steroid dienone is 1. The van der Waals surface area contributed by atoms with Crippen molar-refractivity contribution in [2.75, 3.05) is 7.11 Å². The summed E-state index contributed by atoms with van der Waals surface area (Å²) in [4.78, 5) is 38.1. The highest BCUT2D eigenvalue weighted by Gasteiger charge is 2.38. The summed E-state index contributed by atoms with van der Waals surface area (Å²) in [6.07, 6.45) is 1.77. The zero-order chi connectivity index (χ0) is 25.1. The van der Waals surface area contributed by atoms with E-state index in [1.165, 1.54) is 0 Å². The fourth-order valence-corrected chi connectivity index (χ4v) is 4.98. The molecule has 0 saturated heterocycles. The molecule has 8 nitrogen and oxygen atoms in total. The van der Waals surface area contributed by atoms with Gasteiger partial charge in [-0.05, 0) is 53.6 Å². The standard InChI is InChI=1S/C28H22N2O6/c1-29-20-10-6-16(13-21(20)30(2)28(29)33)19-14-24(31)35-22-11-9-18-26(32)23(36-27(18)25(19)22)12-15-4-7-17(34-3)8-5-15/h4-13,19H,14H2,1-3H3/b23-12-/t19-/m1/s1. The van der Waals surface area contributed by atoms with Gasteiger partial charge in [-0.15, -0.1) is 0 Å². The van der Waals surface area contributed by atoms with Crippen molar-refractivity contribution in [3.8, 4) is 17.2 Å². The number of imidazole rings is 1. The van der Waals surface area contributed by atoms with Crippen LogP contribution in [-0.4, -0.2) is 28.0 Å². The van der Waals surface area contributed by atoms with E-state index in [0.717, 1.165) is 22.2 Å². The lowest BCUT2D eigenvalue weighted by molar-refractivity contribution is -0.135.